The minimum Gasteiger partial charge on any atom is -0.496 e. The summed E-state index contributed by atoms with van der Waals surface area (Å²) in [4.78, 5) is 2.49. The van der Waals surface area contributed by atoms with E-state index in [1.807, 2.05) is 12.1 Å². The number of nitrogens with two attached hydrogens (primary N) is 1. The fourth-order valence-electron chi connectivity index (χ4n) is 3.24. The Bertz CT molecular complexity index is 477. The maximum absolute atomic E-state index is 7.64. The molecule has 1 aliphatic rings. The van der Waals surface area contributed by atoms with Crippen LogP contribution in [0.15, 0.2) is 18.2 Å². The highest BCUT2D eigenvalue weighted by atomic mass is 16.5. The molecule has 1 aromatic rings. The maximum atomic E-state index is 7.64. The molecule has 1 aliphatic heterocycles. The molecule has 110 valence electrons. The third-order valence-electron chi connectivity index (χ3n) is 3.90. The van der Waals surface area contributed by atoms with Gasteiger partial charge in [-0.15, -0.1) is 0 Å². The molecule has 0 spiro atoms. The Morgan fingerprint density at radius 1 is 1.35 bits per heavy atom. The average Bonchev–Trinajstić information content (AvgIpc) is 2.37. The van der Waals surface area contributed by atoms with Gasteiger partial charge >= 0.3 is 0 Å². The fraction of sp³-hybridized carbons (Fsp3) is 0.562. The zero-order valence-corrected chi connectivity index (χ0v) is 12.6. The monoisotopic (exact) mass is 275 g/mol. The van der Waals surface area contributed by atoms with E-state index in [0.29, 0.717) is 11.3 Å². The Morgan fingerprint density at radius 3 is 2.55 bits per heavy atom. The zero-order chi connectivity index (χ0) is 14.7. The largest absolute Gasteiger partial charge is 0.496 e. The first-order valence-electron chi connectivity index (χ1n) is 7.23. The number of nitrogens with zero attached hydrogens (tertiary/aromatic N) is 1. The molecule has 0 bridgehead atoms. The molecule has 2 rings (SSSR count). The molecule has 1 aromatic carbocycles. The van der Waals surface area contributed by atoms with E-state index in [1.54, 1.807) is 7.11 Å². The van der Waals surface area contributed by atoms with E-state index in [2.05, 4.69) is 24.8 Å². The number of nitrogens with one attached hydrogen (secondary N) is 1. The van der Waals surface area contributed by atoms with Crippen LogP contribution in [0.3, 0.4) is 0 Å². The van der Waals surface area contributed by atoms with Gasteiger partial charge in [-0.05, 0) is 36.0 Å². The van der Waals surface area contributed by atoms with Gasteiger partial charge < -0.3 is 10.5 Å². The van der Waals surface area contributed by atoms with Crippen molar-refractivity contribution >= 4 is 5.84 Å². The Labute approximate surface area is 121 Å². The van der Waals surface area contributed by atoms with Crippen LogP contribution in [0.5, 0.6) is 5.75 Å². The number of hydrogen-bond acceptors (Lipinski definition) is 3. The molecule has 4 heteroatoms. The number of nitrogen functional groups attached to an aromatic ring is 1. The summed E-state index contributed by atoms with van der Waals surface area (Å²) in [5, 5.41) is 7.64. The summed E-state index contributed by atoms with van der Waals surface area (Å²) in [5.41, 5.74) is 7.50. The zero-order valence-electron chi connectivity index (χ0n) is 12.6. The molecule has 1 fully saturated rings. The molecule has 2 unspecified atom stereocenters. The number of ether oxygens (including phenoxy) is 1. The van der Waals surface area contributed by atoms with Crippen LogP contribution in [0.1, 0.15) is 31.4 Å². The number of likely N-dealkylation sites (tertiary alicyclic amines) is 1. The molecule has 3 N–H and O–H groups in total. The summed E-state index contributed by atoms with van der Waals surface area (Å²) in [6.07, 6.45) is 1.32. The lowest BCUT2D eigenvalue weighted by Crippen LogP contribution is -2.38. The molecule has 0 aliphatic carbocycles. The van der Waals surface area contributed by atoms with Crippen molar-refractivity contribution in [1.82, 2.24) is 4.90 Å². The van der Waals surface area contributed by atoms with Gasteiger partial charge in [-0.1, -0.05) is 19.9 Å². The van der Waals surface area contributed by atoms with Gasteiger partial charge in [-0.3, -0.25) is 10.3 Å². The standard InChI is InChI=1S/C16H25N3O/c1-11-6-12(2)9-19(8-11)10-13-4-5-15(20-3)14(7-13)16(17)18/h4-5,7,11-12H,6,8-10H2,1-3H3,(H3,17,18). The highest BCUT2D eigenvalue weighted by molar-refractivity contribution is 5.97. The van der Waals surface area contributed by atoms with E-state index >= 15 is 0 Å². The molecule has 1 saturated heterocycles. The first-order valence-corrected chi connectivity index (χ1v) is 7.23. The summed E-state index contributed by atoms with van der Waals surface area (Å²) in [5.74, 6) is 2.24. The second kappa shape index (κ2) is 6.27. The Morgan fingerprint density at radius 2 is 2.00 bits per heavy atom. The van der Waals surface area contributed by atoms with Gasteiger partial charge in [0.25, 0.3) is 0 Å². The smallest absolute Gasteiger partial charge is 0.129 e. The van der Waals surface area contributed by atoms with Crippen molar-refractivity contribution in [3.8, 4) is 5.75 Å². The predicted molar refractivity (Wildman–Crippen MR) is 82.2 cm³/mol. The van der Waals surface area contributed by atoms with Gasteiger partial charge in [0, 0.05) is 19.6 Å². The summed E-state index contributed by atoms with van der Waals surface area (Å²) in [6.45, 7) is 7.84. The Hall–Kier alpha value is -1.55. The van der Waals surface area contributed by atoms with E-state index in [4.69, 9.17) is 15.9 Å². The molecule has 2 atom stereocenters. The molecular formula is C16H25N3O. The normalized spacial score (nSPS) is 23.6. The van der Waals surface area contributed by atoms with Crippen molar-refractivity contribution in [2.45, 2.75) is 26.8 Å². The second-order valence-electron chi connectivity index (χ2n) is 6.09. The van der Waals surface area contributed by atoms with Crippen molar-refractivity contribution < 1.29 is 4.74 Å². The van der Waals surface area contributed by atoms with E-state index in [1.165, 1.54) is 12.0 Å². The number of rotatable bonds is 4. The third-order valence-corrected chi connectivity index (χ3v) is 3.90. The molecule has 4 nitrogen and oxygen atoms in total. The van der Waals surface area contributed by atoms with Crippen LogP contribution >= 0.6 is 0 Å². The van der Waals surface area contributed by atoms with Gasteiger partial charge in [0.2, 0.25) is 0 Å². The maximum Gasteiger partial charge on any atom is 0.129 e. The molecule has 20 heavy (non-hydrogen) atoms. The lowest BCUT2D eigenvalue weighted by Gasteiger charge is -2.35. The lowest BCUT2D eigenvalue weighted by molar-refractivity contribution is 0.134. The first-order chi connectivity index (χ1) is 9.49. The Kier molecular flexibility index (Phi) is 4.65. The van der Waals surface area contributed by atoms with Crippen LogP contribution in [-0.2, 0) is 6.54 Å². The minimum atomic E-state index is 0.0593. The van der Waals surface area contributed by atoms with Gasteiger partial charge in [0.1, 0.15) is 11.6 Å². The van der Waals surface area contributed by atoms with Crippen LogP contribution in [0.25, 0.3) is 0 Å². The highest BCUT2D eigenvalue weighted by Gasteiger charge is 2.22. The summed E-state index contributed by atoms with van der Waals surface area (Å²) >= 11 is 0. The minimum absolute atomic E-state index is 0.0593. The summed E-state index contributed by atoms with van der Waals surface area (Å²) in [6, 6.07) is 5.95. The fourth-order valence-corrected chi connectivity index (χ4v) is 3.24. The van der Waals surface area contributed by atoms with Crippen molar-refractivity contribution in [2.24, 2.45) is 17.6 Å². The quantitative estimate of drug-likeness (QED) is 0.655. The van der Waals surface area contributed by atoms with Crippen molar-refractivity contribution in [1.29, 1.82) is 5.41 Å². The first kappa shape index (κ1) is 14.9. The van der Waals surface area contributed by atoms with E-state index < -0.39 is 0 Å². The van der Waals surface area contributed by atoms with Crippen LogP contribution < -0.4 is 10.5 Å². The van der Waals surface area contributed by atoms with Gasteiger partial charge in [-0.2, -0.15) is 0 Å². The Balaban J connectivity index is 2.13. The van der Waals surface area contributed by atoms with Crippen molar-refractivity contribution in [2.75, 3.05) is 20.2 Å². The number of hydrogen-bond donors (Lipinski definition) is 2. The van der Waals surface area contributed by atoms with Gasteiger partial charge in [-0.25, -0.2) is 0 Å². The summed E-state index contributed by atoms with van der Waals surface area (Å²) < 4.78 is 5.25. The van der Waals surface area contributed by atoms with E-state index in [0.717, 1.165) is 31.5 Å². The molecule has 0 amide bonds. The molecule has 0 aromatic heterocycles. The number of benzene rings is 1. The number of methoxy groups -OCH3 is 1. The average molecular weight is 275 g/mol. The second-order valence-corrected chi connectivity index (χ2v) is 6.09. The summed E-state index contributed by atoms with van der Waals surface area (Å²) in [7, 11) is 1.61. The van der Waals surface area contributed by atoms with Crippen LogP contribution in [-0.4, -0.2) is 30.9 Å². The lowest BCUT2D eigenvalue weighted by atomic mass is 9.91. The van der Waals surface area contributed by atoms with Gasteiger partial charge in [0.15, 0.2) is 0 Å². The topological polar surface area (TPSA) is 62.3 Å². The van der Waals surface area contributed by atoms with Crippen LogP contribution in [0.2, 0.25) is 0 Å². The molecule has 1 heterocycles. The molecule has 0 radical (unpaired) electrons. The van der Waals surface area contributed by atoms with Crippen molar-refractivity contribution in [3.05, 3.63) is 29.3 Å². The van der Waals surface area contributed by atoms with Gasteiger partial charge in [0.05, 0.1) is 12.7 Å². The van der Waals surface area contributed by atoms with Crippen LogP contribution in [0.4, 0.5) is 0 Å². The highest BCUT2D eigenvalue weighted by Crippen LogP contribution is 2.24. The van der Waals surface area contributed by atoms with E-state index in [-0.39, 0.29) is 5.84 Å². The van der Waals surface area contributed by atoms with E-state index in [9.17, 15) is 0 Å². The SMILES string of the molecule is COc1ccc(CN2CC(C)CC(C)C2)cc1C(=N)N. The number of amidine groups is 1. The predicted octanol–water partition coefficient (Wildman–Crippen LogP) is 2.46. The van der Waals surface area contributed by atoms with Crippen molar-refractivity contribution in [3.63, 3.8) is 0 Å². The number of piperidine rings is 1. The third kappa shape index (κ3) is 3.51. The molecule has 0 saturated carbocycles. The van der Waals surface area contributed by atoms with Crippen LogP contribution in [0, 0.1) is 17.2 Å². The molecular weight excluding hydrogens is 250 g/mol.